The van der Waals surface area contributed by atoms with Crippen molar-refractivity contribution in [2.45, 2.75) is 103 Å². The molecule has 0 radical (unpaired) electrons. The molecule has 0 amide bonds. The van der Waals surface area contributed by atoms with Crippen LogP contribution in [0.4, 0.5) is 0 Å². The number of hydrogen-bond donors (Lipinski definition) is 1. The number of carbonyl (C=O) groups is 1. The third-order valence-corrected chi connectivity index (χ3v) is 11.1. The smallest absolute Gasteiger partial charge is 0.157 e. The van der Waals surface area contributed by atoms with Gasteiger partial charge in [0.05, 0.1) is 23.4 Å². The van der Waals surface area contributed by atoms with Gasteiger partial charge in [-0.2, -0.15) is 10.4 Å². The summed E-state index contributed by atoms with van der Waals surface area (Å²) in [5.74, 6) is 5.08. The highest BCUT2D eigenvalue weighted by molar-refractivity contribution is 5.82. The molecule has 1 N–H and O–H groups in total. The van der Waals surface area contributed by atoms with Crippen LogP contribution in [-0.4, -0.2) is 26.3 Å². The first-order valence-electron chi connectivity index (χ1n) is 13.9. The molecule has 184 valence electrons. The first-order valence-corrected chi connectivity index (χ1v) is 13.9. The predicted molar refractivity (Wildman–Crippen MR) is 130 cm³/mol. The average Bonchev–Trinajstić information content (AvgIpc) is 3.49. The Morgan fingerprint density at radius 3 is 2.65 bits per heavy atom. The molecule has 5 aliphatic carbocycles. The minimum Gasteiger partial charge on any atom is -0.390 e. The molecule has 5 fully saturated rings. The summed E-state index contributed by atoms with van der Waals surface area (Å²) in [5.41, 5.74) is 1.19. The number of hydrogen-bond acceptors (Lipinski definition) is 4. The fourth-order valence-electron chi connectivity index (χ4n) is 9.65. The number of Topliss-reactive ketones (excluding diaryl/α,β-unsaturated/α-hetero) is 1. The summed E-state index contributed by atoms with van der Waals surface area (Å²) in [7, 11) is 0. The second kappa shape index (κ2) is 7.92. The van der Waals surface area contributed by atoms with E-state index in [-0.39, 0.29) is 11.3 Å². The van der Waals surface area contributed by atoms with Crippen LogP contribution in [0.1, 0.15) is 102 Å². The maximum Gasteiger partial charge on any atom is 0.157 e. The van der Waals surface area contributed by atoms with E-state index in [1.54, 1.807) is 10.9 Å². The zero-order valence-electron chi connectivity index (χ0n) is 21.2. The third-order valence-electron chi connectivity index (χ3n) is 11.1. The number of nitrogens with zero attached hydrogens (tertiary/aromatic N) is 3. The summed E-state index contributed by atoms with van der Waals surface area (Å²) in [5, 5.41) is 24.8. The maximum absolute atomic E-state index is 13.7. The van der Waals surface area contributed by atoms with Gasteiger partial charge in [-0.25, -0.2) is 0 Å². The van der Waals surface area contributed by atoms with Gasteiger partial charge in [-0.05, 0) is 112 Å². The Bertz CT molecular complexity index is 1020. The lowest BCUT2D eigenvalue weighted by Gasteiger charge is -2.57. The molecular weight excluding hydrogens is 422 g/mol. The second-order valence-corrected chi connectivity index (χ2v) is 13.4. The van der Waals surface area contributed by atoms with E-state index in [4.69, 9.17) is 0 Å². The highest BCUT2D eigenvalue weighted by Gasteiger charge is 2.61. The van der Waals surface area contributed by atoms with Crippen molar-refractivity contribution in [2.24, 2.45) is 46.8 Å². The number of rotatable bonds is 4. The van der Waals surface area contributed by atoms with E-state index in [1.165, 1.54) is 25.7 Å². The van der Waals surface area contributed by atoms with Crippen LogP contribution in [-0.2, 0) is 11.3 Å². The Morgan fingerprint density at radius 2 is 1.91 bits per heavy atom. The number of aromatic nitrogens is 2. The van der Waals surface area contributed by atoms with Crippen LogP contribution in [0.25, 0.3) is 0 Å². The van der Waals surface area contributed by atoms with E-state index >= 15 is 0 Å². The molecule has 0 aromatic carbocycles. The molecule has 6 rings (SSSR count). The van der Waals surface area contributed by atoms with Crippen LogP contribution in [0.2, 0.25) is 0 Å². The molecule has 1 heterocycles. The summed E-state index contributed by atoms with van der Waals surface area (Å²) in [6.07, 6.45) is 13.1. The van der Waals surface area contributed by atoms with Gasteiger partial charge in [0.25, 0.3) is 0 Å². The van der Waals surface area contributed by atoms with Crippen molar-refractivity contribution in [3.05, 3.63) is 17.5 Å². The van der Waals surface area contributed by atoms with Crippen LogP contribution >= 0.6 is 0 Å². The van der Waals surface area contributed by atoms with Gasteiger partial charge in [0.1, 0.15) is 6.07 Å². The summed E-state index contributed by atoms with van der Waals surface area (Å²) >= 11 is 0. The Balaban J connectivity index is 1.20. The molecular formula is C29H41N3O2. The molecule has 0 aliphatic heterocycles. The van der Waals surface area contributed by atoms with Crippen LogP contribution in [0.5, 0.6) is 0 Å². The fraction of sp³-hybridized carbons (Fsp3) is 0.828. The number of aliphatic hydroxyl groups is 1. The SMILES string of the molecule is C[C@@H]1C[C@H](C(=O)Cn2cc(C#N)c(C3CC3)n2)[C@@]2(C)CCC3[C@@H](CC[C@@H]4C[C@](C)(O)CC[C@H]34)C12. The molecule has 5 nitrogen and oxygen atoms in total. The molecule has 0 spiro atoms. The minimum absolute atomic E-state index is 0.0925. The average molecular weight is 464 g/mol. The van der Waals surface area contributed by atoms with Gasteiger partial charge in [0.2, 0.25) is 0 Å². The number of carbonyl (C=O) groups excluding carboxylic acids is 1. The first kappa shape index (κ1) is 22.8. The molecule has 5 saturated carbocycles. The van der Waals surface area contributed by atoms with Crippen molar-refractivity contribution in [1.82, 2.24) is 9.78 Å². The molecule has 0 saturated heterocycles. The monoisotopic (exact) mass is 463 g/mol. The third kappa shape index (κ3) is 3.58. The van der Waals surface area contributed by atoms with Gasteiger partial charge in [-0.1, -0.05) is 13.8 Å². The standard InChI is InChI=1S/C29H41N3O2/c1-17-12-24(25(33)16-32-15-20(14-30)27(31-32)18-4-5-18)29(3)11-9-22-21-8-10-28(2,34)13-19(21)6-7-23(22)26(17)29/h15,17-19,21-24,26,34H,4-13,16H2,1-3H3/t17-,19-,21+,22?,23-,24-,26?,28-,29-/m1/s1. The topological polar surface area (TPSA) is 78.9 Å². The zero-order chi connectivity index (χ0) is 23.8. The summed E-state index contributed by atoms with van der Waals surface area (Å²) in [4.78, 5) is 13.7. The van der Waals surface area contributed by atoms with Crippen LogP contribution in [0.15, 0.2) is 6.20 Å². The summed E-state index contributed by atoms with van der Waals surface area (Å²) in [6.45, 7) is 7.19. The first-order chi connectivity index (χ1) is 16.2. The number of ketones is 1. The molecule has 34 heavy (non-hydrogen) atoms. The Morgan fingerprint density at radius 1 is 1.15 bits per heavy atom. The molecule has 9 atom stereocenters. The van der Waals surface area contributed by atoms with E-state index in [0.717, 1.165) is 62.0 Å². The van der Waals surface area contributed by atoms with Gasteiger partial charge in [-0.3, -0.25) is 9.48 Å². The molecule has 5 aliphatic rings. The van der Waals surface area contributed by atoms with Gasteiger partial charge in [0.15, 0.2) is 5.78 Å². The highest BCUT2D eigenvalue weighted by atomic mass is 16.3. The summed E-state index contributed by atoms with van der Waals surface area (Å²) < 4.78 is 1.76. The van der Waals surface area contributed by atoms with Gasteiger partial charge in [0, 0.05) is 18.0 Å². The Hall–Kier alpha value is -1.67. The predicted octanol–water partition coefficient (Wildman–Crippen LogP) is 5.47. The number of nitriles is 1. The van der Waals surface area contributed by atoms with Gasteiger partial charge >= 0.3 is 0 Å². The number of fused-ring (bicyclic) bond motifs is 5. The normalized spacial score (nSPS) is 45.7. The van der Waals surface area contributed by atoms with Crippen LogP contribution in [0.3, 0.4) is 0 Å². The lowest BCUT2D eigenvalue weighted by atomic mass is 9.48. The van der Waals surface area contributed by atoms with Crippen molar-refractivity contribution < 1.29 is 9.90 Å². The second-order valence-electron chi connectivity index (χ2n) is 13.4. The van der Waals surface area contributed by atoms with E-state index < -0.39 is 5.60 Å². The Kier molecular flexibility index (Phi) is 5.30. The van der Waals surface area contributed by atoms with E-state index in [1.807, 2.05) is 6.92 Å². The quantitative estimate of drug-likeness (QED) is 0.642. The van der Waals surface area contributed by atoms with Crippen molar-refractivity contribution in [3.8, 4) is 6.07 Å². The highest BCUT2D eigenvalue weighted by Crippen LogP contribution is 2.66. The van der Waals surface area contributed by atoms with Crippen LogP contribution in [0, 0.1) is 58.2 Å². The minimum atomic E-state index is -0.466. The van der Waals surface area contributed by atoms with Crippen molar-refractivity contribution in [1.29, 1.82) is 5.26 Å². The Labute approximate surface area is 204 Å². The maximum atomic E-state index is 13.7. The van der Waals surface area contributed by atoms with Gasteiger partial charge < -0.3 is 5.11 Å². The van der Waals surface area contributed by atoms with E-state index in [0.29, 0.717) is 41.6 Å². The lowest BCUT2D eigenvalue weighted by molar-refractivity contribution is -0.133. The summed E-state index contributed by atoms with van der Waals surface area (Å²) in [6, 6.07) is 2.29. The van der Waals surface area contributed by atoms with Crippen LogP contribution < -0.4 is 0 Å². The zero-order valence-corrected chi connectivity index (χ0v) is 21.2. The van der Waals surface area contributed by atoms with E-state index in [2.05, 4.69) is 25.0 Å². The molecule has 2 unspecified atom stereocenters. The molecule has 1 aromatic heterocycles. The largest absolute Gasteiger partial charge is 0.390 e. The van der Waals surface area contributed by atoms with E-state index in [9.17, 15) is 15.2 Å². The van der Waals surface area contributed by atoms with Crippen molar-refractivity contribution >= 4 is 5.78 Å². The van der Waals surface area contributed by atoms with Crippen molar-refractivity contribution in [3.63, 3.8) is 0 Å². The molecule has 5 heteroatoms. The van der Waals surface area contributed by atoms with Crippen molar-refractivity contribution in [2.75, 3.05) is 0 Å². The fourth-order valence-corrected chi connectivity index (χ4v) is 9.65. The molecule has 0 bridgehead atoms. The van der Waals surface area contributed by atoms with Gasteiger partial charge in [-0.15, -0.1) is 0 Å². The lowest BCUT2D eigenvalue weighted by Crippen LogP contribution is -2.51. The molecule has 1 aromatic rings.